The molecule has 1 saturated carbocycles. The third kappa shape index (κ3) is 7.19. The Morgan fingerprint density at radius 3 is 2.20 bits per heavy atom. The summed E-state index contributed by atoms with van der Waals surface area (Å²) in [4.78, 5) is 48.1. The number of benzene rings is 1. The van der Waals surface area contributed by atoms with Crippen molar-refractivity contribution in [1.29, 1.82) is 0 Å². The number of thioether (sulfide) groups is 1. The van der Waals surface area contributed by atoms with E-state index in [1.807, 2.05) is 30.3 Å². The van der Waals surface area contributed by atoms with E-state index in [0.717, 1.165) is 31.2 Å². The molecule has 1 aliphatic carbocycles. The lowest BCUT2D eigenvalue weighted by atomic mass is 9.97. The Hall–Kier alpha value is -3.45. The van der Waals surface area contributed by atoms with Crippen LogP contribution in [0.5, 0.6) is 0 Å². The summed E-state index contributed by atoms with van der Waals surface area (Å²) in [6.45, 7) is 4.73. The van der Waals surface area contributed by atoms with Gasteiger partial charge in [0.15, 0.2) is 23.2 Å². The number of nitrogens with one attached hydrogen (secondary N) is 1. The number of esters is 3. The van der Waals surface area contributed by atoms with Crippen LogP contribution in [0.4, 0.5) is 0 Å². The van der Waals surface area contributed by atoms with Gasteiger partial charge in [0, 0.05) is 39.3 Å². The Kier molecular flexibility index (Phi) is 9.80. The lowest BCUT2D eigenvalue weighted by Crippen LogP contribution is -2.65. The van der Waals surface area contributed by atoms with E-state index in [1.54, 1.807) is 0 Å². The van der Waals surface area contributed by atoms with Crippen molar-refractivity contribution in [2.45, 2.75) is 94.4 Å². The summed E-state index contributed by atoms with van der Waals surface area (Å²) in [6.07, 6.45) is 0.821. The second kappa shape index (κ2) is 13.3. The zero-order valence-corrected chi connectivity index (χ0v) is 23.7. The molecule has 12 nitrogen and oxygen atoms in total. The standard InChI is InChI=1S/C27H34N4O8S/c1-15(32)28-22-24(38-18(4)35)23(37-17(3)34)21(14-36-16(2)33)39-26(22)40-27-30-29-25(19-10-6-5-7-11-19)31(27)20-12-8-9-13-20/h5-7,10-11,20-24,26H,8-9,12-14H2,1-4H3,(H,28,32)/t21-,22-,23-,24-,26+/m1/s1. The van der Waals surface area contributed by atoms with Crippen molar-refractivity contribution in [3.05, 3.63) is 30.3 Å². The molecule has 40 heavy (non-hydrogen) atoms. The van der Waals surface area contributed by atoms with Crippen molar-refractivity contribution in [2.24, 2.45) is 0 Å². The number of aromatic nitrogens is 3. The van der Waals surface area contributed by atoms with Crippen LogP contribution in [0.25, 0.3) is 11.4 Å². The van der Waals surface area contributed by atoms with Crippen LogP contribution in [0.1, 0.15) is 59.4 Å². The molecule has 0 bridgehead atoms. The summed E-state index contributed by atoms with van der Waals surface area (Å²) >= 11 is 1.21. The minimum atomic E-state index is -1.15. The maximum absolute atomic E-state index is 12.3. The Labute approximate surface area is 236 Å². The zero-order valence-electron chi connectivity index (χ0n) is 22.9. The number of amides is 1. The Bertz CT molecular complexity index is 1220. The van der Waals surface area contributed by atoms with Crippen molar-refractivity contribution in [3.8, 4) is 11.4 Å². The van der Waals surface area contributed by atoms with Crippen LogP contribution in [0.3, 0.4) is 0 Å². The molecular weight excluding hydrogens is 540 g/mol. The first-order valence-electron chi connectivity index (χ1n) is 13.2. The summed E-state index contributed by atoms with van der Waals surface area (Å²) in [6, 6.07) is 8.98. The van der Waals surface area contributed by atoms with E-state index in [0.29, 0.717) is 11.0 Å². The van der Waals surface area contributed by atoms with E-state index in [-0.39, 0.29) is 12.6 Å². The average molecular weight is 575 g/mol. The molecule has 2 aliphatic rings. The number of ether oxygens (including phenoxy) is 4. The number of hydrogen-bond donors (Lipinski definition) is 1. The minimum absolute atomic E-state index is 0.172. The first kappa shape index (κ1) is 29.5. The third-order valence-electron chi connectivity index (χ3n) is 6.68. The van der Waals surface area contributed by atoms with Crippen molar-refractivity contribution in [2.75, 3.05) is 6.61 Å². The molecule has 0 radical (unpaired) electrons. The second-order valence-corrected chi connectivity index (χ2v) is 10.9. The van der Waals surface area contributed by atoms with Gasteiger partial charge in [0.05, 0.1) is 0 Å². The highest BCUT2D eigenvalue weighted by Crippen LogP contribution is 2.40. The molecule has 2 aromatic rings. The first-order valence-corrected chi connectivity index (χ1v) is 14.1. The lowest BCUT2D eigenvalue weighted by molar-refractivity contribution is -0.211. The highest BCUT2D eigenvalue weighted by Gasteiger charge is 2.51. The van der Waals surface area contributed by atoms with Gasteiger partial charge in [0.2, 0.25) is 5.91 Å². The minimum Gasteiger partial charge on any atom is -0.463 e. The van der Waals surface area contributed by atoms with Crippen LogP contribution in [0.2, 0.25) is 0 Å². The highest BCUT2D eigenvalue weighted by molar-refractivity contribution is 7.99. The van der Waals surface area contributed by atoms with Crippen LogP contribution in [-0.2, 0) is 38.1 Å². The van der Waals surface area contributed by atoms with Gasteiger partial charge in [-0.3, -0.25) is 23.7 Å². The number of hydrogen-bond acceptors (Lipinski definition) is 11. The van der Waals surface area contributed by atoms with Crippen molar-refractivity contribution >= 4 is 35.6 Å². The molecule has 13 heteroatoms. The average Bonchev–Trinajstić information content (AvgIpc) is 3.56. The summed E-state index contributed by atoms with van der Waals surface area (Å²) in [5.41, 5.74) is 0.0470. The molecule has 1 aromatic heterocycles. The smallest absolute Gasteiger partial charge is 0.303 e. The number of carbonyl (C=O) groups excluding carboxylic acids is 4. The molecule has 216 valence electrons. The summed E-state index contributed by atoms with van der Waals surface area (Å²) < 4.78 is 24.8. The molecule has 2 heterocycles. The van der Waals surface area contributed by atoms with Crippen LogP contribution < -0.4 is 5.32 Å². The Balaban J connectivity index is 1.75. The summed E-state index contributed by atoms with van der Waals surface area (Å²) in [5, 5.41) is 12.4. The van der Waals surface area contributed by atoms with Gasteiger partial charge in [-0.2, -0.15) is 0 Å². The molecule has 1 saturated heterocycles. The topological polar surface area (TPSA) is 148 Å². The predicted octanol–water partition coefficient (Wildman–Crippen LogP) is 2.81. The Morgan fingerprint density at radius 2 is 1.60 bits per heavy atom. The highest BCUT2D eigenvalue weighted by atomic mass is 32.2. The zero-order chi connectivity index (χ0) is 28.8. The number of nitrogens with zero attached hydrogens (tertiary/aromatic N) is 3. The quantitative estimate of drug-likeness (QED) is 0.348. The van der Waals surface area contributed by atoms with E-state index in [1.165, 1.54) is 39.5 Å². The molecule has 1 aromatic carbocycles. The van der Waals surface area contributed by atoms with E-state index in [9.17, 15) is 19.2 Å². The lowest BCUT2D eigenvalue weighted by Gasteiger charge is -2.44. The molecule has 0 spiro atoms. The van der Waals surface area contributed by atoms with Gasteiger partial charge < -0.3 is 24.3 Å². The molecule has 1 N–H and O–H groups in total. The SMILES string of the molecule is CC(=O)N[C@@H]1[C@@H](OC(C)=O)[C@H](OC(C)=O)[C@@H](COC(C)=O)O[C@H]1Sc1nnc(-c2ccccc2)n1C1CCCC1. The van der Waals surface area contributed by atoms with Gasteiger partial charge >= 0.3 is 17.9 Å². The largest absolute Gasteiger partial charge is 0.463 e. The molecule has 4 rings (SSSR count). The van der Waals surface area contributed by atoms with Crippen LogP contribution >= 0.6 is 11.8 Å². The van der Waals surface area contributed by atoms with Crippen LogP contribution in [-0.4, -0.2) is 75.0 Å². The van der Waals surface area contributed by atoms with E-state index in [2.05, 4.69) is 20.1 Å². The summed E-state index contributed by atoms with van der Waals surface area (Å²) in [5.74, 6) is -1.54. The molecule has 2 fully saturated rings. The van der Waals surface area contributed by atoms with Gasteiger partial charge in [-0.25, -0.2) is 0 Å². The van der Waals surface area contributed by atoms with Crippen LogP contribution in [0, 0.1) is 0 Å². The molecule has 0 unspecified atom stereocenters. The maximum Gasteiger partial charge on any atom is 0.303 e. The first-order chi connectivity index (χ1) is 19.1. The van der Waals surface area contributed by atoms with Gasteiger partial charge in [-0.05, 0) is 12.8 Å². The van der Waals surface area contributed by atoms with E-state index in [4.69, 9.17) is 18.9 Å². The monoisotopic (exact) mass is 574 g/mol. The maximum atomic E-state index is 12.3. The summed E-state index contributed by atoms with van der Waals surface area (Å²) in [7, 11) is 0. The molecular formula is C27H34N4O8S. The van der Waals surface area contributed by atoms with Gasteiger partial charge in [-0.15, -0.1) is 10.2 Å². The molecule has 1 amide bonds. The molecule has 1 aliphatic heterocycles. The fourth-order valence-corrected chi connectivity index (χ4v) is 6.34. The molecule has 5 atom stereocenters. The third-order valence-corrected chi connectivity index (χ3v) is 7.80. The van der Waals surface area contributed by atoms with Gasteiger partial charge in [0.25, 0.3) is 0 Å². The number of rotatable bonds is 9. The second-order valence-electron chi connectivity index (χ2n) is 9.82. The number of carbonyl (C=O) groups is 4. The van der Waals surface area contributed by atoms with Gasteiger partial charge in [-0.1, -0.05) is 54.9 Å². The Morgan fingerprint density at radius 1 is 0.950 bits per heavy atom. The normalized spacial score (nSPS) is 24.8. The van der Waals surface area contributed by atoms with Crippen molar-refractivity contribution < 1.29 is 38.1 Å². The van der Waals surface area contributed by atoms with Crippen molar-refractivity contribution in [3.63, 3.8) is 0 Å². The van der Waals surface area contributed by atoms with E-state index < -0.39 is 53.6 Å². The van der Waals surface area contributed by atoms with Crippen LogP contribution in [0.15, 0.2) is 35.5 Å². The fourth-order valence-electron chi connectivity index (χ4n) is 5.13. The predicted molar refractivity (Wildman–Crippen MR) is 143 cm³/mol. The fraction of sp³-hybridized carbons (Fsp3) is 0.556. The van der Waals surface area contributed by atoms with Gasteiger partial charge in [0.1, 0.15) is 24.2 Å². The van der Waals surface area contributed by atoms with Crippen molar-refractivity contribution in [1.82, 2.24) is 20.1 Å². The van der Waals surface area contributed by atoms with E-state index >= 15 is 0 Å².